The summed E-state index contributed by atoms with van der Waals surface area (Å²) < 4.78 is 10.8. The van der Waals surface area contributed by atoms with E-state index in [1.54, 1.807) is 0 Å². The lowest BCUT2D eigenvalue weighted by Gasteiger charge is -2.36. The van der Waals surface area contributed by atoms with Crippen molar-refractivity contribution < 1.29 is 19.1 Å². The van der Waals surface area contributed by atoms with E-state index < -0.39 is 0 Å². The highest BCUT2D eigenvalue weighted by Gasteiger charge is 2.26. The topological polar surface area (TPSA) is 83.1 Å². The molecular weight excluding hydrogens is 516 g/mol. The normalized spacial score (nSPS) is 17.9. The molecule has 0 radical (unpaired) electrons. The molecular formula is C33H64N4O4. The number of morpholine rings is 1. The number of urea groups is 1. The zero-order valence-electron chi connectivity index (χ0n) is 26.6. The van der Waals surface area contributed by atoms with E-state index in [4.69, 9.17) is 9.47 Å². The fourth-order valence-electron chi connectivity index (χ4n) is 6.02. The average Bonchev–Trinajstić information content (AvgIpc) is 2.99. The second-order valence-electron chi connectivity index (χ2n) is 12.2. The van der Waals surface area contributed by atoms with Gasteiger partial charge in [0.25, 0.3) is 0 Å². The molecule has 0 aromatic rings. The van der Waals surface area contributed by atoms with Gasteiger partial charge in [0.1, 0.15) is 0 Å². The molecule has 2 aliphatic heterocycles. The molecule has 0 aromatic heterocycles. The van der Waals surface area contributed by atoms with Crippen molar-refractivity contribution in [3.05, 3.63) is 0 Å². The third kappa shape index (κ3) is 18.6. The quantitative estimate of drug-likeness (QED) is 0.124. The lowest BCUT2D eigenvalue weighted by atomic mass is 10.00. The van der Waals surface area contributed by atoms with Gasteiger partial charge in [-0.1, -0.05) is 103 Å². The van der Waals surface area contributed by atoms with E-state index in [1.165, 1.54) is 89.9 Å². The van der Waals surface area contributed by atoms with E-state index in [2.05, 4.69) is 22.5 Å². The number of rotatable bonds is 23. The summed E-state index contributed by atoms with van der Waals surface area (Å²) in [6.45, 7) is 9.01. The number of unbranched alkanes of at least 4 members (excludes halogenated alkanes) is 15. The van der Waals surface area contributed by atoms with Gasteiger partial charge in [-0.2, -0.15) is 0 Å². The summed E-state index contributed by atoms with van der Waals surface area (Å²) in [7, 11) is 0. The van der Waals surface area contributed by atoms with Gasteiger partial charge in [-0.3, -0.25) is 4.90 Å². The molecule has 41 heavy (non-hydrogen) atoms. The van der Waals surface area contributed by atoms with Gasteiger partial charge in [0.2, 0.25) is 0 Å². The molecule has 8 heteroatoms. The van der Waals surface area contributed by atoms with Crippen LogP contribution in [0.15, 0.2) is 0 Å². The Labute approximate surface area is 252 Å². The minimum atomic E-state index is -0.330. The summed E-state index contributed by atoms with van der Waals surface area (Å²) in [5, 5.41) is 5.98. The van der Waals surface area contributed by atoms with Crippen molar-refractivity contribution in [2.75, 3.05) is 59.1 Å². The number of carbonyl (C=O) groups is 2. The molecule has 0 saturated carbocycles. The maximum atomic E-state index is 12.8. The molecule has 0 aromatic carbocycles. The molecule has 2 rings (SSSR count). The molecule has 8 nitrogen and oxygen atoms in total. The van der Waals surface area contributed by atoms with Crippen LogP contribution in [0.1, 0.15) is 135 Å². The minimum absolute atomic E-state index is 0.0101. The predicted molar refractivity (Wildman–Crippen MR) is 169 cm³/mol. The SMILES string of the molecule is CCCCCCCCCCCCCCCCCCNC(=O)OCCC1CCCCN1C(=O)NCCN1CCOCC1. The van der Waals surface area contributed by atoms with Gasteiger partial charge in [0.05, 0.1) is 19.8 Å². The Balaban J connectivity index is 1.37. The summed E-state index contributed by atoms with van der Waals surface area (Å²) >= 11 is 0. The number of likely N-dealkylation sites (tertiary alicyclic amines) is 1. The maximum Gasteiger partial charge on any atom is 0.407 e. The summed E-state index contributed by atoms with van der Waals surface area (Å²) in [5.41, 5.74) is 0. The van der Waals surface area contributed by atoms with Gasteiger partial charge in [-0.25, -0.2) is 9.59 Å². The maximum absolute atomic E-state index is 12.8. The Hall–Kier alpha value is -1.54. The van der Waals surface area contributed by atoms with Gasteiger partial charge in [0.15, 0.2) is 0 Å². The average molecular weight is 581 g/mol. The van der Waals surface area contributed by atoms with Crippen LogP contribution in [-0.2, 0) is 9.47 Å². The molecule has 2 aliphatic rings. The van der Waals surface area contributed by atoms with Gasteiger partial charge < -0.3 is 25.0 Å². The van der Waals surface area contributed by atoms with Crippen molar-refractivity contribution in [3.63, 3.8) is 0 Å². The van der Waals surface area contributed by atoms with Crippen molar-refractivity contribution >= 4 is 12.1 Å². The summed E-state index contributed by atoms with van der Waals surface area (Å²) in [6, 6.07) is 0.149. The monoisotopic (exact) mass is 580 g/mol. The van der Waals surface area contributed by atoms with Crippen LogP contribution < -0.4 is 10.6 Å². The first kappa shape index (κ1) is 35.7. The van der Waals surface area contributed by atoms with E-state index in [1.807, 2.05) is 4.90 Å². The van der Waals surface area contributed by atoms with E-state index in [-0.39, 0.29) is 18.2 Å². The second kappa shape index (κ2) is 25.0. The third-order valence-electron chi connectivity index (χ3n) is 8.68. The number of ether oxygens (including phenoxy) is 2. The zero-order valence-corrected chi connectivity index (χ0v) is 26.6. The molecule has 2 heterocycles. The number of amides is 3. The molecule has 0 spiro atoms. The molecule has 2 fully saturated rings. The van der Waals surface area contributed by atoms with Crippen LogP contribution in [0.5, 0.6) is 0 Å². The molecule has 0 bridgehead atoms. The van der Waals surface area contributed by atoms with Crippen LogP contribution in [0, 0.1) is 0 Å². The van der Waals surface area contributed by atoms with E-state index >= 15 is 0 Å². The van der Waals surface area contributed by atoms with Crippen molar-refractivity contribution in [2.45, 2.75) is 141 Å². The Morgan fingerprint density at radius 1 is 0.732 bits per heavy atom. The first-order valence-corrected chi connectivity index (χ1v) is 17.5. The van der Waals surface area contributed by atoms with Crippen molar-refractivity contribution in [1.82, 2.24) is 20.4 Å². The minimum Gasteiger partial charge on any atom is -0.449 e. The Morgan fingerprint density at radius 3 is 1.93 bits per heavy atom. The predicted octanol–water partition coefficient (Wildman–Crippen LogP) is 7.26. The molecule has 0 aliphatic carbocycles. The van der Waals surface area contributed by atoms with Crippen LogP contribution in [0.25, 0.3) is 0 Å². The number of hydrogen-bond acceptors (Lipinski definition) is 5. The van der Waals surface area contributed by atoms with Gasteiger partial charge >= 0.3 is 12.1 Å². The Morgan fingerprint density at radius 2 is 1.32 bits per heavy atom. The number of alkyl carbamates (subject to hydrolysis) is 1. The van der Waals surface area contributed by atoms with Gasteiger partial charge in [-0.05, 0) is 25.7 Å². The van der Waals surface area contributed by atoms with Crippen LogP contribution in [0.3, 0.4) is 0 Å². The molecule has 240 valence electrons. The van der Waals surface area contributed by atoms with E-state index in [0.717, 1.165) is 71.5 Å². The highest BCUT2D eigenvalue weighted by atomic mass is 16.5. The number of carbonyl (C=O) groups excluding carboxylic acids is 2. The molecule has 2 saturated heterocycles. The van der Waals surface area contributed by atoms with E-state index in [9.17, 15) is 9.59 Å². The van der Waals surface area contributed by atoms with Crippen LogP contribution >= 0.6 is 0 Å². The first-order valence-electron chi connectivity index (χ1n) is 17.5. The fourth-order valence-corrected chi connectivity index (χ4v) is 6.02. The Bertz CT molecular complexity index is 645. The lowest BCUT2D eigenvalue weighted by Crippen LogP contribution is -2.50. The lowest BCUT2D eigenvalue weighted by molar-refractivity contribution is 0.0384. The smallest absolute Gasteiger partial charge is 0.407 e. The first-order chi connectivity index (χ1) is 20.2. The molecule has 1 unspecified atom stereocenters. The molecule has 1 atom stereocenters. The van der Waals surface area contributed by atoms with Gasteiger partial charge in [-0.15, -0.1) is 0 Å². The Kier molecular flexibility index (Phi) is 21.7. The highest BCUT2D eigenvalue weighted by Crippen LogP contribution is 2.20. The molecule has 3 amide bonds. The number of nitrogens with zero attached hydrogens (tertiary/aromatic N) is 2. The van der Waals surface area contributed by atoms with E-state index in [0.29, 0.717) is 26.1 Å². The number of nitrogens with one attached hydrogen (secondary N) is 2. The zero-order chi connectivity index (χ0) is 29.2. The number of hydrogen-bond donors (Lipinski definition) is 2. The van der Waals surface area contributed by atoms with Crippen molar-refractivity contribution in [1.29, 1.82) is 0 Å². The summed E-state index contributed by atoms with van der Waals surface area (Å²) in [6.07, 6.45) is 25.0. The molecule has 2 N–H and O–H groups in total. The fraction of sp³-hybridized carbons (Fsp3) is 0.939. The summed E-state index contributed by atoms with van der Waals surface area (Å²) in [5.74, 6) is 0. The van der Waals surface area contributed by atoms with Crippen LogP contribution in [0.4, 0.5) is 9.59 Å². The van der Waals surface area contributed by atoms with Crippen molar-refractivity contribution in [2.24, 2.45) is 0 Å². The largest absolute Gasteiger partial charge is 0.449 e. The van der Waals surface area contributed by atoms with Crippen LogP contribution in [-0.4, -0.2) is 87.1 Å². The van der Waals surface area contributed by atoms with Crippen molar-refractivity contribution in [3.8, 4) is 0 Å². The summed E-state index contributed by atoms with van der Waals surface area (Å²) in [4.78, 5) is 29.2. The van der Waals surface area contributed by atoms with Crippen LogP contribution in [0.2, 0.25) is 0 Å². The standard InChI is InChI=1S/C33H64N4O4/c1-2-3-4-5-6-7-8-9-10-11-12-13-14-15-16-18-22-35-33(39)41-28-21-31-20-17-19-24-37(31)32(38)34-23-25-36-26-29-40-30-27-36/h31H,2-30H2,1H3,(H,34,38)(H,35,39). The third-order valence-corrected chi connectivity index (χ3v) is 8.68. The van der Waals surface area contributed by atoms with Gasteiger partial charge in [0, 0.05) is 51.7 Å². The number of piperidine rings is 1. The highest BCUT2D eigenvalue weighted by molar-refractivity contribution is 5.74. The second-order valence-corrected chi connectivity index (χ2v) is 12.2.